The van der Waals surface area contributed by atoms with Crippen LogP contribution in [-0.4, -0.2) is 24.2 Å². The predicted molar refractivity (Wildman–Crippen MR) is 54.3 cm³/mol. The van der Waals surface area contributed by atoms with Crippen LogP contribution >= 0.6 is 0 Å². The van der Waals surface area contributed by atoms with E-state index in [4.69, 9.17) is 5.11 Å². The van der Waals surface area contributed by atoms with Gasteiger partial charge in [0, 0.05) is 0 Å². The number of methoxy groups -OCH3 is 1. The van der Waals surface area contributed by atoms with Crippen LogP contribution in [0.1, 0.15) is 33.1 Å². The van der Waals surface area contributed by atoms with Gasteiger partial charge < -0.3 is 9.84 Å². The third-order valence-electron chi connectivity index (χ3n) is 3.04. The summed E-state index contributed by atoms with van der Waals surface area (Å²) in [6.07, 6.45) is 2.40. The summed E-state index contributed by atoms with van der Waals surface area (Å²) < 4.78 is 4.48. The van der Waals surface area contributed by atoms with Crippen molar-refractivity contribution in [3.05, 3.63) is 0 Å². The van der Waals surface area contributed by atoms with Crippen LogP contribution < -0.4 is 0 Å². The van der Waals surface area contributed by atoms with E-state index in [1.807, 2.05) is 0 Å². The molecule has 15 heavy (non-hydrogen) atoms. The summed E-state index contributed by atoms with van der Waals surface area (Å²) in [6.45, 7) is 4.30. The van der Waals surface area contributed by atoms with E-state index in [1.54, 1.807) is 0 Å². The van der Waals surface area contributed by atoms with Crippen molar-refractivity contribution in [3.8, 4) is 0 Å². The Morgan fingerprint density at radius 2 is 2.00 bits per heavy atom. The molecule has 1 N–H and O–H groups in total. The molecule has 1 rings (SSSR count). The summed E-state index contributed by atoms with van der Waals surface area (Å²) in [5, 5.41) is 8.87. The highest BCUT2D eigenvalue weighted by atomic mass is 16.5. The second kappa shape index (κ2) is 4.21. The van der Waals surface area contributed by atoms with Gasteiger partial charge in [-0.15, -0.1) is 0 Å². The smallest absolute Gasteiger partial charge is 0.320 e. The zero-order valence-corrected chi connectivity index (χ0v) is 9.45. The minimum atomic E-state index is -1.08. The molecule has 0 aromatic carbocycles. The van der Waals surface area contributed by atoms with Crippen molar-refractivity contribution in [1.82, 2.24) is 0 Å². The summed E-state index contributed by atoms with van der Waals surface area (Å²) in [7, 11) is 1.23. The summed E-state index contributed by atoms with van der Waals surface area (Å²) in [5.41, 5.74) is 0.309. The van der Waals surface area contributed by atoms with Crippen LogP contribution in [0.25, 0.3) is 0 Å². The van der Waals surface area contributed by atoms with Gasteiger partial charge in [0.2, 0.25) is 0 Å². The van der Waals surface area contributed by atoms with Crippen LogP contribution in [0.2, 0.25) is 0 Å². The van der Waals surface area contributed by atoms with E-state index < -0.39 is 17.9 Å². The lowest BCUT2D eigenvalue weighted by molar-refractivity contribution is -0.158. The van der Waals surface area contributed by atoms with Crippen LogP contribution in [-0.2, 0) is 14.3 Å². The van der Waals surface area contributed by atoms with Gasteiger partial charge in [-0.1, -0.05) is 13.8 Å². The fourth-order valence-corrected chi connectivity index (χ4v) is 2.44. The molecule has 1 atom stereocenters. The Labute approximate surface area is 89.6 Å². The molecule has 0 radical (unpaired) electrons. The zero-order chi connectivity index (χ0) is 11.6. The molecule has 1 aliphatic carbocycles. The molecule has 1 unspecified atom stereocenters. The largest absolute Gasteiger partial charge is 0.481 e. The van der Waals surface area contributed by atoms with E-state index in [1.165, 1.54) is 7.11 Å². The average Bonchev–Trinajstić information content (AvgIpc) is 2.09. The van der Waals surface area contributed by atoms with Crippen molar-refractivity contribution in [1.29, 1.82) is 0 Å². The van der Waals surface area contributed by atoms with Crippen LogP contribution in [0.5, 0.6) is 0 Å². The van der Waals surface area contributed by atoms with Gasteiger partial charge in [-0.25, -0.2) is 0 Å². The number of aliphatic carboxylic acids is 1. The molecule has 0 aromatic heterocycles. The van der Waals surface area contributed by atoms with Crippen LogP contribution in [0.3, 0.4) is 0 Å². The highest BCUT2D eigenvalue weighted by Gasteiger charge is 2.40. The van der Waals surface area contributed by atoms with Crippen molar-refractivity contribution < 1.29 is 19.4 Å². The van der Waals surface area contributed by atoms with Crippen molar-refractivity contribution in [2.75, 3.05) is 7.11 Å². The maximum atomic E-state index is 11.2. The van der Waals surface area contributed by atoms with E-state index >= 15 is 0 Å². The number of rotatable bonds is 4. The highest BCUT2D eigenvalue weighted by molar-refractivity contribution is 5.93. The summed E-state index contributed by atoms with van der Waals surface area (Å²) in [5.74, 6) is -2.35. The number of carboxylic acid groups (broad SMARTS) is 1. The van der Waals surface area contributed by atoms with Crippen LogP contribution in [0.15, 0.2) is 0 Å². The quantitative estimate of drug-likeness (QED) is 0.571. The molecular formula is C11H18O4. The van der Waals surface area contributed by atoms with Crippen molar-refractivity contribution >= 4 is 11.9 Å². The fourth-order valence-electron chi connectivity index (χ4n) is 2.44. The van der Waals surface area contributed by atoms with Gasteiger partial charge in [-0.3, -0.25) is 9.59 Å². The minimum absolute atomic E-state index is 0.309. The Morgan fingerprint density at radius 3 is 2.33 bits per heavy atom. The first-order valence-electron chi connectivity index (χ1n) is 5.16. The van der Waals surface area contributed by atoms with Crippen LogP contribution in [0.4, 0.5) is 0 Å². The maximum Gasteiger partial charge on any atom is 0.320 e. The second-order valence-electron chi connectivity index (χ2n) is 5.09. The zero-order valence-electron chi connectivity index (χ0n) is 9.45. The monoisotopic (exact) mass is 214 g/mol. The third-order valence-corrected chi connectivity index (χ3v) is 3.04. The number of esters is 1. The number of hydrogen-bond acceptors (Lipinski definition) is 3. The lowest BCUT2D eigenvalue weighted by Crippen LogP contribution is -2.36. The van der Waals surface area contributed by atoms with E-state index in [0.717, 1.165) is 12.8 Å². The molecular weight excluding hydrogens is 196 g/mol. The molecule has 0 saturated heterocycles. The molecule has 86 valence electrons. The Morgan fingerprint density at radius 1 is 1.47 bits per heavy atom. The summed E-state index contributed by atoms with van der Waals surface area (Å²) >= 11 is 0. The molecule has 0 aliphatic heterocycles. The molecule has 0 amide bonds. The van der Waals surface area contributed by atoms with E-state index in [0.29, 0.717) is 17.8 Å². The van der Waals surface area contributed by atoms with Crippen molar-refractivity contribution in [2.24, 2.45) is 17.3 Å². The third kappa shape index (κ3) is 2.94. The highest BCUT2D eigenvalue weighted by Crippen LogP contribution is 2.47. The SMILES string of the molecule is COC(=O)C(CC1CC(C)(C)C1)C(=O)O. The Kier molecular flexibility index (Phi) is 3.37. The first-order valence-corrected chi connectivity index (χ1v) is 5.16. The van der Waals surface area contributed by atoms with Gasteiger partial charge in [0.05, 0.1) is 7.11 Å². The molecule has 0 heterocycles. The average molecular weight is 214 g/mol. The number of ether oxygens (including phenoxy) is 1. The second-order valence-corrected chi connectivity index (χ2v) is 5.09. The maximum absolute atomic E-state index is 11.2. The van der Waals surface area contributed by atoms with Gasteiger partial charge >= 0.3 is 11.9 Å². The van der Waals surface area contributed by atoms with Crippen molar-refractivity contribution in [3.63, 3.8) is 0 Å². The molecule has 1 saturated carbocycles. The summed E-state index contributed by atoms with van der Waals surface area (Å²) in [6, 6.07) is 0. The molecule has 0 spiro atoms. The van der Waals surface area contributed by atoms with Crippen molar-refractivity contribution in [2.45, 2.75) is 33.1 Å². The molecule has 0 bridgehead atoms. The molecule has 4 heteroatoms. The lowest BCUT2D eigenvalue weighted by atomic mass is 9.62. The Balaban J connectivity index is 2.47. The predicted octanol–water partition coefficient (Wildman–Crippen LogP) is 1.69. The Hall–Kier alpha value is -1.06. The van der Waals surface area contributed by atoms with Gasteiger partial charge in [0.15, 0.2) is 5.92 Å². The standard InChI is InChI=1S/C11H18O4/c1-11(2)5-7(6-11)4-8(9(12)13)10(14)15-3/h7-8H,4-6H2,1-3H3,(H,12,13). The van der Waals surface area contributed by atoms with Gasteiger partial charge in [-0.05, 0) is 30.6 Å². The first kappa shape index (κ1) is 12.0. The topological polar surface area (TPSA) is 63.6 Å². The number of carboxylic acids is 1. The fraction of sp³-hybridized carbons (Fsp3) is 0.818. The minimum Gasteiger partial charge on any atom is -0.481 e. The first-order chi connectivity index (χ1) is 6.85. The lowest BCUT2D eigenvalue weighted by Gasteiger charge is -2.43. The molecule has 1 aliphatic rings. The summed E-state index contributed by atoms with van der Waals surface area (Å²) in [4.78, 5) is 22.0. The normalized spacial score (nSPS) is 21.5. The van der Waals surface area contributed by atoms with Gasteiger partial charge in [0.1, 0.15) is 0 Å². The molecule has 0 aromatic rings. The van der Waals surface area contributed by atoms with Gasteiger partial charge in [-0.2, -0.15) is 0 Å². The van der Waals surface area contributed by atoms with E-state index in [9.17, 15) is 9.59 Å². The van der Waals surface area contributed by atoms with E-state index in [-0.39, 0.29) is 0 Å². The Bertz CT molecular complexity index is 262. The molecule has 4 nitrogen and oxygen atoms in total. The van der Waals surface area contributed by atoms with E-state index in [2.05, 4.69) is 18.6 Å². The van der Waals surface area contributed by atoms with Gasteiger partial charge in [0.25, 0.3) is 0 Å². The number of carbonyl (C=O) groups excluding carboxylic acids is 1. The van der Waals surface area contributed by atoms with Crippen LogP contribution in [0, 0.1) is 17.3 Å². The number of carbonyl (C=O) groups is 2. The molecule has 1 fully saturated rings. The number of hydrogen-bond donors (Lipinski definition) is 1.